The number of phenols is 1. The fraction of sp³-hybridized carbons (Fsp3) is 0.387. The van der Waals surface area contributed by atoms with Gasteiger partial charge in [0.25, 0.3) is 0 Å². The molecular weight excluding hydrogens is 583 g/mol. The third-order valence-electron chi connectivity index (χ3n) is 9.61. The molecule has 4 aliphatic rings. The van der Waals surface area contributed by atoms with E-state index >= 15 is 0 Å². The van der Waals surface area contributed by atoms with Gasteiger partial charge in [-0.25, -0.2) is 9.29 Å². The van der Waals surface area contributed by atoms with Crippen molar-refractivity contribution in [2.75, 3.05) is 18.6 Å². The maximum atomic E-state index is 14.3. The molecule has 2 heterocycles. The fourth-order valence-electron chi connectivity index (χ4n) is 7.65. The topological polar surface area (TPSA) is 142 Å². The predicted octanol–water partition coefficient (Wildman–Crippen LogP) is 3.90. The number of carboxylic acid groups (broad SMARTS) is 1. The minimum absolute atomic E-state index is 0.0872. The van der Waals surface area contributed by atoms with Crippen molar-refractivity contribution in [1.82, 2.24) is 4.90 Å². The van der Waals surface area contributed by atoms with Crippen LogP contribution in [0.25, 0.3) is 0 Å². The number of methoxy groups -OCH3 is 1. The number of nitrogens with zero attached hydrogens (tertiary/aromatic N) is 2. The van der Waals surface area contributed by atoms with Crippen molar-refractivity contribution in [2.45, 2.75) is 32.1 Å². The van der Waals surface area contributed by atoms with Gasteiger partial charge in [-0.05, 0) is 61.6 Å². The standard InChI is InChI=1S/C31H28ClFN2O8/c1-31-19(28(40)35(30(31)42)15-4-7-21(33)20(32)12-15)13-18-16(26(31)14-3-8-23(43-2)22(36)11-14)5-6-17-25(18)29(41)34(27(17)39)10-9-24(37)38/h3-5,7-8,11-12,17-19,25-26,36H,6,9-10,13H2,1-2H3,(H,37,38). The molecule has 12 heteroatoms. The summed E-state index contributed by atoms with van der Waals surface area (Å²) in [6, 6.07) is 8.30. The second-order valence-corrected chi connectivity index (χ2v) is 12.1. The van der Waals surface area contributed by atoms with Crippen LogP contribution in [-0.2, 0) is 24.0 Å². The van der Waals surface area contributed by atoms with Crippen molar-refractivity contribution in [1.29, 1.82) is 0 Å². The number of fused-ring (bicyclic) bond motifs is 4. The summed E-state index contributed by atoms with van der Waals surface area (Å²) in [7, 11) is 1.40. The number of aliphatic carboxylic acids is 1. The normalized spacial score (nSPS) is 29.8. The zero-order valence-corrected chi connectivity index (χ0v) is 24.0. The van der Waals surface area contributed by atoms with E-state index in [2.05, 4.69) is 0 Å². The number of allylic oxidation sites excluding steroid dienone is 2. The van der Waals surface area contributed by atoms with Crippen LogP contribution >= 0.6 is 11.6 Å². The summed E-state index contributed by atoms with van der Waals surface area (Å²) >= 11 is 6.01. The Balaban J connectivity index is 1.49. The molecule has 1 saturated carbocycles. The number of halogens is 2. The molecule has 6 atom stereocenters. The van der Waals surface area contributed by atoms with E-state index < -0.39 is 76.8 Å². The molecule has 2 aromatic rings. The van der Waals surface area contributed by atoms with E-state index in [4.69, 9.17) is 21.4 Å². The Morgan fingerprint density at radius 2 is 1.84 bits per heavy atom. The summed E-state index contributed by atoms with van der Waals surface area (Å²) < 4.78 is 19.2. The number of phenolic OH excluding ortho intramolecular Hbond substituents is 1. The average molecular weight is 611 g/mol. The first kappa shape index (κ1) is 28.9. The zero-order valence-electron chi connectivity index (χ0n) is 23.3. The first-order chi connectivity index (χ1) is 20.4. The number of rotatable bonds is 6. The van der Waals surface area contributed by atoms with Gasteiger partial charge in [0.15, 0.2) is 11.5 Å². The molecule has 4 amide bonds. The van der Waals surface area contributed by atoms with Crippen LogP contribution < -0.4 is 9.64 Å². The summed E-state index contributed by atoms with van der Waals surface area (Å²) in [6.45, 7) is 1.43. The highest BCUT2D eigenvalue weighted by molar-refractivity contribution is 6.31. The predicted molar refractivity (Wildman–Crippen MR) is 150 cm³/mol. The van der Waals surface area contributed by atoms with Crippen LogP contribution in [0.2, 0.25) is 5.02 Å². The van der Waals surface area contributed by atoms with E-state index in [9.17, 15) is 33.5 Å². The fourth-order valence-corrected chi connectivity index (χ4v) is 7.82. The molecule has 6 rings (SSSR count). The smallest absolute Gasteiger partial charge is 0.305 e. The number of aromatic hydroxyl groups is 1. The maximum absolute atomic E-state index is 14.3. The highest BCUT2D eigenvalue weighted by Gasteiger charge is 2.67. The molecule has 0 radical (unpaired) electrons. The number of hydrogen-bond acceptors (Lipinski definition) is 7. The van der Waals surface area contributed by atoms with Gasteiger partial charge in [0.1, 0.15) is 5.82 Å². The minimum Gasteiger partial charge on any atom is -0.504 e. The van der Waals surface area contributed by atoms with Crippen LogP contribution in [0, 0.1) is 34.9 Å². The van der Waals surface area contributed by atoms with Gasteiger partial charge in [0.05, 0.1) is 47.4 Å². The summed E-state index contributed by atoms with van der Waals surface area (Å²) in [5.74, 6) is -7.72. The Kier molecular flexibility index (Phi) is 6.83. The number of carbonyl (C=O) groups is 5. The number of anilines is 1. The number of likely N-dealkylation sites (tertiary alicyclic amines) is 1. The van der Waals surface area contributed by atoms with Gasteiger partial charge >= 0.3 is 5.97 Å². The molecule has 2 aliphatic carbocycles. The summed E-state index contributed by atoms with van der Waals surface area (Å²) in [4.78, 5) is 68.6. The van der Waals surface area contributed by atoms with Crippen LogP contribution in [0.1, 0.15) is 37.7 Å². The van der Waals surface area contributed by atoms with Crippen LogP contribution in [0.5, 0.6) is 11.5 Å². The summed E-state index contributed by atoms with van der Waals surface area (Å²) in [6.07, 6.45) is 1.74. The van der Waals surface area contributed by atoms with Crippen molar-refractivity contribution >= 4 is 46.9 Å². The Bertz CT molecular complexity index is 1640. The first-order valence-corrected chi connectivity index (χ1v) is 14.2. The Labute approximate surface area is 250 Å². The zero-order chi connectivity index (χ0) is 31.0. The molecular formula is C31H28ClFN2O8. The van der Waals surface area contributed by atoms with Crippen LogP contribution in [0.15, 0.2) is 48.0 Å². The lowest BCUT2D eigenvalue weighted by atomic mass is 9.51. The average Bonchev–Trinajstić information content (AvgIpc) is 3.32. The molecule has 6 unspecified atom stereocenters. The van der Waals surface area contributed by atoms with Crippen LogP contribution in [-0.4, -0.2) is 58.4 Å². The molecule has 2 N–H and O–H groups in total. The van der Waals surface area contributed by atoms with Gasteiger partial charge in [-0.2, -0.15) is 0 Å². The van der Waals surface area contributed by atoms with E-state index in [1.54, 1.807) is 19.1 Å². The number of hydrogen-bond donors (Lipinski definition) is 2. The van der Waals surface area contributed by atoms with Gasteiger partial charge in [-0.3, -0.25) is 28.9 Å². The number of ether oxygens (including phenoxy) is 1. The largest absolute Gasteiger partial charge is 0.504 e. The number of imide groups is 2. The molecule has 2 aromatic carbocycles. The molecule has 3 fully saturated rings. The summed E-state index contributed by atoms with van der Waals surface area (Å²) in [5.41, 5.74) is -0.0519. The van der Waals surface area contributed by atoms with Crippen molar-refractivity contribution in [3.05, 3.63) is 64.5 Å². The van der Waals surface area contributed by atoms with Gasteiger partial charge in [0, 0.05) is 12.5 Å². The van der Waals surface area contributed by atoms with Crippen molar-refractivity contribution in [3.8, 4) is 11.5 Å². The molecule has 2 saturated heterocycles. The highest BCUT2D eigenvalue weighted by atomic mass is 35.5. The van der Waals surface area contributed by atoms with E-state index in [0.717, 1.165) is 15.9 Å². The SMILES string of the molecule is COc1ccc(C2C3=CCC4C(=O)N(CCC(=O)O)C(=O)C4C3CC3C(=O)N(c4ccc(F)c(Cl)c4)C(=O)C32C)cc1O. The maximum Gasteiger partial charge on any atom is 0.305 e. The van der Waals surface area contributed by atoms with Gasteiger partial charge in [-0.15, -0.1) is 0 Å². The molecule has 224 valence electrons. The number of amides is 4. The highest BCUT2D eigenvalue weighted by Crippen LogP contribution is 2.64. The van der Waals surface area contributed by atoms with Crippen molar-refractivity contribution < 1.29 is 43.3 Å². The molecule has 0 aromatic heterocycles. The molecule has 2 aliphatic heterocycles. The Hall–Kier alpha value is -4.25. The lowest BCUT2D eigenvalue weighted by Gasteiger charge is -2.49. The van der Waals surface area contributed by atoms with E-state index in [1.165, 1.54) is 25.3 Å². The van der Waals surface area contributed by atoms with E-state index in [-0.39, 0.29) is 41.6 Å². The monoisotopic (exact) mass is 610 g/mol. The Morgan fingerprint density at radius 1 is 1.09 bits per heavy atom. The van der Waals surface area contributed by atoms with E-state index in [1.807, 2.05) is 6.08 Å². The quantitative estimate of drug-likeness (QED) is 0.371. The molecule has 0 bridgehead atoms. The number of benzene rings is 2. The van der Waals surface area contributed by atoms with Gasteiger partial charge in [0.2, 0.25) is 23.6 Å². The molecule has 43 heavy (non-hydrogen) atoms. The van der Waals surface area contributed by atoms with Gasteiger partial charge in [-0.1, -0.05) is 29.3 Å². The number of carboxylic acids is 1. The number of carbonyl (C=O) groups excluding carboxylic acids is 4. The van der Waals surface area contributed by atoms with Crippen molar-refractivity contribution in [2.24, 2.45) is 29.1 Å². The lowest BCUT2D eigenvalue weighted by molar-refractivity contribution is -0.142. The van der Waals surface area contributed by atoms with Crippen LogP contribution in [0.3, 0.4) is 0 Å². The molecule has 10 nitrogen and oxygen atoms in total. The van der Waals surface area contributed by atoms with E-state index in [0.29, 0.717) is 11.1 Å². The second kappa shape index (κ2) is 10.2. The van der Waals surface area contributed by atoms with Crippen molar-refractivity contribution in [3.63, 3.8) is 0 Å². The Morgan fingerprint density at radius 3 is 2.49 bits per heavy atom. The second-order valence-electron chi connectivity index (χ2n) is 11.7. The van der Waals surface area contributed by atoms with Gasteiger partial charge < -0.3 is 14.9 Å². The molecule has 0 spiro atoms. The summed E-state index contributed by atoms with van der Waals surface area (Å²) in [5, 5.41) is 19.6. The third-order valence-corrected chi connectivity index (χ3v) is 9.90. The third kappa shape index (κ3) is 4.16. The minimum atomic E-state index is -1.37. The lowest BCUT2D eigenvalue weighted by Crippen LogP contribution is -2.48. The first-order valence-electron chi connectivity index (χ1n) is 13.9. The van der Waals surface area contributed by atoms with Crippen LogP contribution in [0.4, 0.5) is 10.1 Å².